The maximum atomic E-state index is 13.0. The number of aromatic nitrogens is 4. The Labute approximate surface area is 249 Å². The number of ether oxygens (including phenoxy) is 1. The van der Waals surface area contributed by atoms with Gasteiger partial charge in [-0.25, -0.2) is 14.6 Å². The normalized spacial score (nSPS) is 14.4. The quantitative estimate of drug-likeness (QED) is 0.193. The molecule has 1 aliphatic rings. The van der Waals surface area contributed by atoms with Crippen LogP contribution in [-0.4, -0.2) is 62.4 Å². The summed E-state index contributed by atoms with van der Waals surface area (Å²) in [4.78, 5) is 51.2. The summed E-state index contributed by atoms with van der Waals surface area (Å²) >= 11 is 0. The van der Waals surface area contributed by atoms with Gasteiger partial charge in [0, 0.05) is 37.9 Å². The van der Waals surface area contributed by atoms with Crippen molar-refractivity contribution >= 4 is 34.9 Å². The average Bonchev–Trinajstić information content (AvgIpc) is 3.41. The number of aromatic amines is 1. The van der Waals surface area contributed by atoms with Crippen molar-refractivity contribution in [2.45, 2.75) is 51.8 Å². The second-order valence-electron chi connectivity index (χ2n) is 10.9. The molecule has 0 spiro atoms. The van der Waals surface area contributed by atoms with Gasteiger partial charge in [0.15, 0.2) is 0 Å². The standard InChI is InChI=1S/C31H37N7O5/c1-21-18-38(19-24(17-27(39)40)33-31(42)43-20-23-7-3-2-4-8-23)30(41)36-28(21)37-15-12-22(13-16-37)11-14-32-29-34-25-9-5-6-10-26(25)35-29/h2-10,18,22,24H,11-17,19-20H2,1H3,(H,33,42)(H,39,40)(H2,32,34,35)/t24-/m1/s1. The van der Waals surface area contributed by atoms with E-state index < -0.39 is 23.8 Å². The minimum Gasteiger partial charge on any atom is -0.481 e. The number of fused-ring (bicyclic) bond motifs is 1. The van der Waals surface area contributed by atoms with Crippen LogP contribution in [0, 0.1) is 12.8 Å². The van der Waals surface area contributed by atoms with Gasteiger partial charge in [-0.05, 0) is 49.8 Å². The first-order valence-corrected chi connectivity index (χ1v) is 14.5. The third kappa shape index (κ3) is 8.12. The first kappa shape index (κ1) is 29.6. The Bertz CT molecular complexity index is 1560. The highest BCUT2D eigenvalue weighted by molar-refractivity contribution is 5.77. The van der Waals surface area contributed by atoms with Gasteiger partial charge in [0.25, 0.3) is 0 Å². The lowest BCUT2D eigenvalue weighted by Gasteiger charge is -2.33. The number of benzene rings is 2. The molecule has 226 valence electrons. The number of aliphatic carboxylic acids is 1. The first-order valence-electron chi connectivity index (χ1n) is 14.5. The van der Waals surface area contributed by atoms with Crippen LogP contribution in [0.15, 0.2) is 65.6 Å². The number of carboxylic acids is 1. The number of hydrogen-bond donors (Lipinski definition) is 4. The molecule has 1 aliphatic heterocycles. The van der Waals surface area contributed by atoms with E-state index in [1.165, 1.54) is 4.57 Å². The number of nitrogens with one attached hydrogen (secondary N) is 3. The summed E-state index contributed by atoms with van der Waals surface area (Å²) < 4.78 is 6.58. The van der Waals surface area contributed by atoms with Gasteiger partial charge in [0.1, 0.15) is 12.4 Å². The fourth-order valence-corrected chi connectivity index (χ4v) is 5.45. The fourth-order valence-electron chi connectivity index (χ4n) is 5.45. The van der Waals surface area contributed by atoms with Crippen molar-refractivity contribution in [1.82, 2.24) is 24.8 Å². The molecule has 1 amide bonds. The average molecular weight is 588 g/mol. The number of para-hydroxylation sites is 2. The minimum atomic E-state index is -1.10. The van der Waals surface area contributed by atoms with Crippen molar-refractivity contribution in [2.75, 3.05) is 29.9 Å². The molecule has 5 rings (SSSR count). The van der Waals surface area contributed by atoms with Crippen LogP contribution < -0.4 is 21.2 Å². The van der Waals surface area contributed by atoms with E-state index in [9.17, 15) is 19.5 Å². The molecule has 2 aromatic heterocycles. The highest BCUT2D eigenvalue weighted by atomic mass is 16.5. The summed E-state index contributed by atoms with van der Waals surface area (Å²) in [5, 5.41) is 15.3. The molecule has 1 saturated heterocycles. The molecule has 4 N–H and O–H groups in total. The number of alkyl carbamates (subject to hydrolysis) is 1. The van der Waals surface area contributed by atoms with Crippen LogP contribution in [0.25, 0.3) is 11.0 Å². The van der Waals surface area contributed by atoms with E-state index in [0.29, 0.717) is 11.7 Å². The number of hydrogen-bond acceptors (Lipinski definition) is 8. The van der Waals surface area contributed by atoms with Gasteiger partial charge in [0.2, 0.25) is 5.95 Å². The van der Waals surface area contributed by atoms with E-state index in [4.69, 9.17) is 4.74 Å². The van der Waals surface area contributed by atoms with Crippen molar-refractivity contribution in [3.63, 3.8) is 0 Å². The molecule has 0 radical (unpaired) electrons. The summed E-state index contributed by atoms with van der Waals surface area (Å²) in [7, 11) is 0. The molecule has 43 heavy (non-hydrogen) atoms. The minimum absolute atomic E-state index is 0.0417. The lowest BCUT2D eigenvalue weighted by Crippen LogP contribution is -2.43. The number of H-pyrrole nitrogens is 1. The van der Waals surface area contributed by atoms with Crippen molar-refractivity contribution in [3.8, 4) is 0 Å². The molecule has 1 fully saturated rings. The number of carbonyl (C=O) groups is 2. The zero-order chi connectivity index (χ0) is 30.2. The summed E-state index contributed by atoms with van der Waals surface area (Å²) in [5.74, 6) is 0.880. The van der Waals surface area contributed by atoms with Crippen molar-refractivity contribution in [2.24, 2.45) is 5.92 Å². The molecule has 0 aliphatic carbocycles. The highest BCUT2D eigenvalue weighted by Gasteiger charge is 2.23. The van der Waals surface area contributed by atoms with Gasteiger partial charge in [-0.3, -0.25) is 9.36 Å². The topological polar surface area (TPSA) is 154 Å². The molecule has 2 aromatic carbocycles. The Morgan fingerprint density at radius 3 is 2.58 bits per heavy atom. The van der Waals surface area contributed by atoms with E-state index in [2.05, 4.69) is 30.5 Å². The predicted octanol–water partition coefficient (Wildman–Crippen LogP) is 3.92. The molecule has 12 nitrogen and oxygen atoms in total. The maximum absolute atomic E-state index is 13.0. The number of anilines is 2. The van der Waals surface area contributed by atoms with Gasteiger partial charge in [0.05, 0.1) is 23.5 Å². The Morgan fingerprint density at radius 1 is 1.09 bits per heavy atom. The monoisotopic (exact) mass is 587 g/mol. The number of aryl methyl sites for hydroxylation is 1. The van der Waals surface area contributed by atoms with Crippen LogP contribution in [0.3, 0.4) is 0 Å². The second-order valence-corrected chi connectivity index (χ2v) is 10.9. The molecule has 1 atom stereocenters. The second kappa shape index (κ2) is 13.9. The van der Waals surface area contributed by atoms with Gasteiger partial charge >= 0.3 is 17.8 Å². The van der Waals surface area contributed by atoms with Crippen LogP contribution >= 0.6 is 0 Å². The number of rotatable bonds is 12. The van der Waals surface area contributed by atoms with Crippen molar-refractivity contribution in [3.05, 3.63) is 82.4 Å². The van der Waals surface area contributed by atoms with E-state index in [-0.39, 0.29) is 19.6 Å². The zero-order valence-corrected chi connectivity index (χ0v) is 24.2. The van der Waals surface area contributed by atoms with Crippen LogP contribution in [0.5, 0.6) is 0 Å². The molecular weight excluding hydrogens is 550 g/mol. The van der Waals surface area contributed by atoms with Crippen LogP contribution in [-0.2, 0) is 22.7 Å². The molecule has 0 saturated carbocycles. The Hall–Kier alpha value is -4.87. The Morgan fingerprint density at radius 2 is 1.84 bits per heavy atom. The van der Waals surface area contributed by atoms with Crippen molar-refractivity contribution in [1.29, 1.82) is 0 Å². The highest BCUT2D eigenvalue weighted by Crippen LogP contribution is 2.25. The summed E-state index contributed by atoms with van der Waals surface area (Å²) in [5.41, 5.74) is 3.08. The molecule has 4 aromatic rings. The Balaban J connectivity index is 1.12. The summed E-state index contributed by atoms with van der Waals surface area (Å²) in [6.07, 6.45) is 3.56. The fraction of sp³-hybridized carbons (Fsp3) is 0.387. The number of amides is 1. The maximum Gasteiger partial charge on any atom is 0.407 e. The van der Waals surface area contributed by atoms with E-state index >= 15 is 0 Å². The summed E-state index contributed by atoms with van der Waals surface area (Å²) in [6, 6.07) is 16.3. The lowest BCUT2D eigenvalue weighted by atomic mass is 9.93. The predicted molar refractivity (Wildman–Crippen MR) is 163 cm³/mol. The number of carboxylic acid groups (broad SMARTS) is 1. The van der Waals surface area contributed by atoms with Gasteiger partial charge in [-0.15, -0.1) is 0 Å². The van der Waals surface area contributed by atoms with Crippen LogP contribution in [0.1, 0.15) is 36.8 Å². The van der Waals surface area contributed by atoms with E-state index in [1.54, 1.807) is 6.20 Å². The molecular formula is C31H37N7O5. The van der Waals surface area contributed by atoms with Gasteiger partial charge in [-0.2, -0.15) is 4.98 Å². The summed E-state index contributed by atoms with van der Waals surface area (Å²) in [6.45, 7) is 4.31. The number of piperidine rings is 1. The smallest absolute Gasteiger partial charge is 0.407 e. The SMILES string of the molecule is Cc1cn(C[C@@H](CC(=O)O)NC(=O)OCc2ccccc2)c(=O)nc1N1CCC(CCNc2nc3ccccc3[nH]2)CC1. The lowest BCUT2D eigenvalue weighted by molar-refractivity contribution is -0.137. The third-order valence-corrected chi connectivity index (χ3v) is 7.67. The third-order valence-electron chi connectivity index (χ3n) is 7.67. The zero-order valence-electron chi connectivity index (χ0n) is 24.2. The number of nitrogens with zero attached hydrogens (tertiary/aromatic N) is 4. The largest absolute Gasteiger partial charge is 0.481 e. The van der Waals surface area contributed by atoms with E-state index in [1.807, 2.05) is 61.5 Å². The molecule has 3 heterocycles. The van der Waals surface area contributed by atoms with Gasteiger partial charge in [-0.1, -0.05) is 42.5 Å². The van der Waals surface area contributed by atoms with Gasteiger partial charge < -0.3 is 30.4 Å². The molecule has 0 bridgehead atoms. The number of imidazole rings is 1. The molecule has 0 unspecified atom stereocenters. The van der Waals surface area contributed by atoms with E-state index in [0.717, 1.165) is 67.0 Å². The van der Waals surface area contributed by atoms with Crippen molar-refractivity contribution < 1.29 is 19.4 Å². The number of carbonyl (C=O) groups excluding carboxylic acids is 1. The van der Waals surface area contributed by atoms with Crippen LogP contribution in [0.4, 0.5) is 16.6 Å². The molecule has 12 heteroatoms. The first-order chi connectivity index (χ1) is 20.8. The Kier molecular flexibility index (Phi) is 9.55. The van der Waals surface area contributed by atoms with Crippen LogP contribution in [0.2, 0.25) is 0 Å².